The molecule has 0 aliphatic carbocycles. The molecule has 0 bridgehead atoms. The quantitative estimate of drug-likeness (QED) is 0.628. The van der Waals surface area contributed by atoms with E-state index in [1.165, 1.54) is 13.2 Å². The van der Waals surface area contributed by atoms with E-state index >= 15 is 0 Å². The van der Waals surface area contributed by atoms with Crippen LogP contribution in [0, 0.1) is 5.82 Å². The summed E-state index contributed by atoms with van der Waals surface area (Å²) in [5.41, 5.74) is 1.71. The molecule has 0 unspecified atom stereocenters. The van der Waals surface area contributed by atoms with E-state index in [-0.39, 0.29) is 11.6 Å². The normalized spacial score (nSPS) is 11.7. The lowest BCUT2D eigenvalue weighted by molar-refractivity contribution is 0.372. The van der Waals surface area contributed by atoms with E-state index in [2.05, 4.69) is 34.6 Å². The molecule has 6 nitrogen and oxygen atoms in total. The maximum Gasteiger partial charge on any atom is 0.191 e. The Morgan fingerprint density at radius 2 is 2.04 bits per heavy atom. The van der Waals surface area contributed by atoms with Crippen molar-refractivity contribution in [2.45, 2.75) is 32.9 Å². The van der Waals surface area contributed by atoms with Crippen molar-refractivity contribution in [3.63, 3.8) is 0 Å². The molecular weight excluding hydrogens is 311 g/mol. The summed E-state index contributed by atoms with van der Waals surface area (Å²) in [6.45, 7) is 5.03. The zero-order chi connectivity index (χ0) is 17.5. The number of hydrogen-bond donors (Lipinski definition) is 2. The molecule has 130 valence electrons. The molecule has 0 spiro atoms. The average Bonchev–Trinajstić information content (AvgIpc) is 3.04. The highest BCUT2D eigenvalue weighted by Crippen LogP contribution is 2.17. The number of rotatable bonds is 6. The Bertz CT molecular complexity index is 698. The molecule has 2 N–H and O–H groups in total. The Labute approximate surface area is 141 Å². The van der Waals surface area contributed by atoms with E-state index < -0.39 is 0 Å². The van der Waals surface area contributed by atoms with Crippen LogP contribution >= 0.6 is 0 Å². The van der Waals surface area contributed by atoms with Gasteiger partial charge in [0, 0.05) is 19.7 Å². The Morgan fingerprint density at radius 3 is 2.62 bits per heavy atom. The van der Waals surface area contributed by atoms with Crippen LogP contribution in [0.3, 0.4) is 0 Å². The van der Waals surface area contributed by atoms with Gasteiger partial charge in [-0.3, -0.25) is 4.99 Å². The van der Waals surface area contributed by atoms with Crippen molar-refractivity contribution < 1.29 is 13.7 Å². The van der Waals surface area contributed by atoms with Crippen LogP contribution in [0.15, 0.2) is 33.8 Å². The average molecular weight is 334 g/mol. The van der Waals surface area contributed by atoms with Gasteiger partial charge in [-0.25, -0.2) is 4.39 Å². The lowest BCUT2D eigenvalue weighted by atomic mass is 10.1. The maximum atomic E-state index is 13.7. The topological polar surface area (TPSA) is 71.7 Å². The van der Waals surface area contributed by atoms with Gasteiger partial charge in [0.2, 0.25) is 0 Å². The van der Waals surface area contributed by atoms with Crippen molar-refractivity contribution in [2.75, 3.05) is 14.2 Å². The van der Waals surface area contributed by atoms with Crippen molar-refractivity contribution in [1.29, 1.82) is 0 Å². The highest BCUT2D eigenvalue weighted by atomic mass is 19.1. The Morgan fingerprint density at radius 1 is 1.29 bits per heavy atom. The van der Waals surface area contributed by atoms with Crippen molar-refractivity contribution in [2.24, 2.45) is 4.99 Å². The summed E-state index contributed by atoms with van der Waals surface area (Å²) in [4.78, 5) is 4.13. The van der Waals surface area contributed by atoms with Gasteiger partial charge in [-0.15, -0.1) is 0 Å². The number of halogens is 1. The molecule has 0 atom stereocenters. The fourth-order valence-electron chi connectivity index (χ4n) is 2.08. The Balaban J connectivity index is 1.87. The predicted octanol–water partition coefficient (Wildman–Crippen LogP) is 2.81. The minimum absolute atomic E-state index is 0.229. The third-order valence-electron chi connectivity index (χ3n) is 3.50. The van der Waals surface area contributed by atoms with Gasteiger partial charge in [-0.1, -0.05) is 25.1 Å². The largest absolute Gasteiger partial charge is 0.494 e. The van der Waals surface area contributed by atoms with Crippen LogP contribution in [-0.2, 0) is 13.1 Å². The van der Waals surface area contributed by atoms with Gasteiger partial charge in [-0.05, 0) is 23.6 Å². The number of ether oxygens (including phenoxy) is 1. The van der Waals surface area contributed by atoms with Gasteiger partial charge in [0.05, 0.1) is 19.3 Å². The second-order valence-electron chi connectivity index (χ2n) is 5.62. The zero-order valence-electron chi connectivity index (χ0n) is 14.4. The molecule has 1 aromatic carbocycles. The lowest BCUT2D eigenvalue weighted by Gasteiger charge is -2.11. The molecule has 1 aromatic heterocycles. The number of guanidine groups is 1. The molecule has 0 saturated heterocycles. The summed E-state index contributed by atoms with van der Waals surface area (Å²) < 4.78 is 23.8. The Hall–Kier alpha value is -2.57. The number of nitrogens with one attached hydrogen (secondary N) is 2. The number of benzene rings is 1. The molecule has 1 heterocycles. The van der Waals surface area contributed by atoms with E-state index in [9.17, 15) is 4.39 Å². The van der Waals surface area contributed by atoms with E-state index in [0.29, 0.717) is 25.0 Å². The molecule has 0 saturated carbocycles. The lowest BCUT2D eigenvalue weighted by Crippen LogP contribution is -2.36. The Kier molecular flexibility index (Phi) is 6.17. The molecule has 7 heteroatoms. The van der Waals surface area contributed by atoms with Gasteiger partial charge in [0.15, 0.2) is 23.3 Å². The van der Waals surface area contributed by atoms with Crippen LogP contribution in [0.2, 0.25) is 0 Å². The van der Waals surface area contributed by atoms with E-state index in [1.807, 2.05) is 6.07 Å². The number of aliphatic imine (C=N–C) groups is 1. The molecule has 0 aliphatic heterocycles. The van der Waals surface area contributed by atoms with Crippen molar-refractivity contribution >= 4 is 5.96 Å². The fourth-order valence-corrected chi connectivity index (χ4v) is 2.08. The van der Waals surface area contributed by atoms with E-state index in [0.717, 1.165) is 17.0 Å². The second kappa shape index (κ2) is 8.33. The van der Waals surface area contributed by atoms with Crippen LogP contribution in [0.25, 0.3) is 0 Å². The summed E-state index contributed by atoms with van der Waals surface area (Å²) >= 11 is 0. The zero-order valence-corrected chi connectivity index (χ0v) is 14.4. The summed E-state index contributed by atoms with van der Waals surface area (Å²) in [6, 6.07) is 6.76. The molecular formula is C17H23FN4O2. The van der Waals surface area contributed by atoms with Gasteiger partial charge in [-0.2, -0.15) is 0 Å². The first kappa shape index (κ1) is 17.8. The van der Waals surface area contributed by atoms with Crippen molar-refractivity contribution in [1.82, 2.24) is 15.8 Å². The molecule has 0 radical (unpaired) electrons. The van der Waals surface area contributed by atoms with E-state index in [1.54, 1.807) is 19.2 Å². The third-order valence-corrected chi connectivity index (χ3v) is 3.50. The number of nitrogens with zero attached hydrogens (tertiary/aromatic N) is 2. The standard InChI is InChI=1S/C17H23FN4O2/c1-11(2)15-8-13(24-22-15)10-21-17(19-3)20-9-12-5-6-16(23-4)14(18)7-12/h5-8,11H,9-10H2,1-4H3,(H2,19,20,21). The highest BCUT2D eigenvalue weighted by molar-refractivity contribution is 5.79. The summed E-state index contributed by atoms with van der Waals surface area (Å²) in [6.07, 6.45) is 0. The third kappa shape index (κ3) is 4.71. The maximum absolute atomic E-state index is 13.7. The smallest absolute Gasteiger partial charge is 0.191 e. The van der Waals surface area contributed by atoms with Crippen LogP contribution in [-0.4, -0.2) is 25.3 Å². The van der Waals surface area contributed by atoms with Crippen molar-refractivity contribution in [3.8, 4) is 5.75 Å². The highest BCUT2D eigenvalue weighted by Gasteiger charge is 2.08. The fraction of sp³-hybridized carbons (Fsp3) is 0.412. The second-order valence-corrected chi connectivity index (χ2v) is 5.62. The molecule has 24 heavy (non-hydrogen) atoms. The minimum atomic E-state index is -0.386. The van der Waals surface area contributed by atoms with E-state index in [4.69, 9.17) is 9.26 Å². The SMILES string of the molecule is CN=C(NCc1ccc(OC)c(F)c1)NCc1cc(C(C)C)no1. The first-order valence-electron chi connectivity index (χ1n) is 7.76. The summed E-state index contributed by atoms with van der Waals surface area (Å²) in [7, 11) is 3.11. The van der Waals surface area contributed by atoms with Crippen molar-refractivity contribution in [3.05, 3.63) is 47.1 Å². The summed E-state index contributed by atoms with van der Waals surface area (Å²) in [5, 5.41) is 10.3. The van der Waals surface area contributed by atoms with Crippen LogP contribution in [0.1, 0.15) is 36.8 Å². The van der Waals surface area contributed by atoms with Crippen LogP contribution < -0.4 is 15.4 Å². The van der Waals surface area contributed by atoms with Crippen LogP contribution in [0.4, 0.5) is 4.39 Å². The molecule has 0 fully saturated rings. The molecule has 0 aliphatic rings. The first-order chi connectivity index (χ1) is 11.5. The van der Waals surface area contributed by atoms with Gasteiger partial charge < -0.3 is 19.9 Å². The van der Waals surface area contributed by atoms with Gasteiger partial charge >= 0.3 is 0 Å². The molecule has 0 amide bonds. The predicted molar refractivity (Wildman–Crippen MR) is 90.6 cm³/mol. The van der Waals surface area contributed by atoms with Gasteiger partial charge in [0.25, 0.3) is 0 Å². The number of hydrogen-bond acceptors (Lipinski definition) is 4. The first-order valence-corrected chi connectivity index (χ1v) is 7.76. The number of methoxy groups -OCH3 is 1. The van der Waals surface area contributed by atoms with Crippen LogP contribution in [0.5, 0.6) is 5.75 Å². The summed E-state index contributed by atoms with van der Waals surface area (Å²) in [5.74, 6) is 1.49. The molecule has 2 aromatic rings. The minimum Gasteiger partial charge on any atom is -0.494 e. The van der Waals surface area contributed by atoms with Gasteiger partial charge in [0.1, 0.15) is 0 Å². The number of aromatic nitrogens is 1. The monoisotopic (exact) mass is 334 g/mol. The molecule has 2 rings (SSSR count).